The van der Waals surface area contributed by atoms with Gasteiger partial charge in [0.25, 0.3) is 0 Å². The third-order valence-corrected chi connectivity index (χ3v) is 4.62. The summed E-state index contributed by atoms with van der Waals surface area (Å²) in [5.41, 5.74) is 2.36. The number of nitrogens with one attached hydrogen (secondary N) is 1. The van der Waals surface area contributed by atoms with E-state index in [1.165, 1.54) is 37.6 Å². The first-order chi connectivity index (χ1) is 12.9. The number of pyridine rings is 1. The first-order valence-corrected chi connectivity index (χ1v) is 9.13. The first kappa shape index (κ1) is 16.7. The third kappa shape index (κ3) is 4.26. The van der Waals surface area contributed by atoms with Crippen LogP contribution >= 0.6 is 0 Å². The molecule has 2 heterocycles. The third-order valence-electron chi connectivity index (χ3n) is 4.62. The predicted octanol–water partition coefficient (Wildman–Crippen LogP) is 3.27. The molecular formula is C20H23N5O. The molecule has 6 heteroatoms. The molecule has 1 saturated carbocycles. The van der Waals surface area contributed by atoms with Crippen LogP contribution in [0.25, 0.3) is 5.82 Å². The SMILES string of the molecule is c1cc(CNCc2ccc(-n3cncn3)nc2)cc(OC2CCCC2)c1. The van der Waals surface area contributed by atoms with Gasteiger partial charge < -0.3 is 10.1 Å². The molecule has 0 amide bonds. The molecule has 1 aromatic carbocycles. The molecule has 0 unspecified atom stereocenters. The summed E-state index contributed by atoms with van der Waals surface area (Å²) in [6.07, 6.45) is 10.3. The van der Waals surface area contributed by atoms with E-state index in [2.05, 4.69) is 50.7 Å². The van der Waals surface area contributed by atoms with Gasteiger partial charge in [-0.15, -0.1) is 0 Å². The molecule has 0 aliphatic heterocycles. The second-order valence-electron chi connectivity index (χ2n) is 6.64. The van der Waals surface area contributed by atoms with E-state index >= 15 is 0 Å². The lowest BCUT2D eigenvalue weighted by atomic mass is 10.2. The highest BCUT2D eigenvalue weighted by atomic mass is 16.5. The average molecular weight is 349 g/mol. The molecule has 1 aliphatic carbocycles. The zero-order valence-electron chi connectivity index (χ0n) is 14.7. The predicted molar refractivity (Wildman–Crippen MR) is 99.0 cm³/mol. The smallest absolute Gasteiger partial charge is 0.155 e. The van der Waals surface area contributed by atoms with Crippen molar-refractivity contribution in [3.63, 3.8) is 0 Å². The van der Waals surface area contributed by atoms with Gasteiger partial charge in [0.05, 0.1) is 6.10 Å². The highest BCUT2D eigenvalue weighted by Gasteiger charge is 2.16. The van der Waals surface area contributed by atoms with Crippen LogP contribution in [0.3, 0.4) is 0 Å². The van der Waals surface area contributed by atoms with E-state index in [0.717, 1.165) is 30.2 Å². The van der Waals surface area contributed by atoms with Crippen molar-refractivity contribution in [2.75, 3.05) is 0 Å². The van der Waals surface area contributed by atoms with E-state index in [1.807, 2.05) is 12.3 Å². The Morgan fingerprint density at radius 1 is 1.08 bits per heavy atom. The fraction of sp³-hybridized carbons (Fsp3) is 0.350. The molecule has 0 radical (unpaired) electrons. The second-order valence-corrected chi connectivity index (χ2v) is 6.64. The van der Waals surface area contributed by atoms with E-state index in [4.69, 9.17) is 4.74 Å². The zero-order valence-corrected chi connectivity index (χ0v) is 14.7. The van der Waals surface area contributed by atoms with Gasteiger partial charge in [0.15, 0.2) is 5.82 Å². The van der Waals surface area contributed by atoms with Gasteiger partial charge in [0.2, 0.25) is 0 Å². The van der Waals surface area contributed by atoms with Crippen LogP contribution in [-0.4, -0.2) is 25.9 Å². The molecule has 6 nitrogen and oxygen atoms in total. The Morgan fingerprint density at radius 2 is 1.96 bits per heavy atom. The standard InChI is InChI=1S/C20H23N5O/c1-2-6-18(5-1)26-19-7-3-4-16(10-19)11-21-12-17-8-9-20(23-13-17)25-15-22-14-24-25/h3-4,7-10,13-15,18,21H,1-2,5-6,11-12H2. The fourth-order valence-electron chi connectivity index (χ4n) is 3.26. The molecule has 0 bridgehead atoms. The van der Waals surface area contributed by atoms with Crippen molar-refractivity contribution in [3.8, 4) is 11.6 Å². The van der Waals surface area contributed by atoms with Crippen molar-refractivity contribution >= 4 is 0 Å². The summed E-state index contributed by atoms with van der Waals surface area (Å²) in [5, 5.41) is 7.54. The van der Waals surface area contributed by atoms with Crippen LogP contribution in [0.15, 0.2) is 55.2 Å². The topological polar surface area (TPSA) is 64.9 Å². The maximum atomic E-state index is 6.08. The van der Waals surface area contributed by atoms with Gasteiger partial charge in [-0.1, -0.05) is 18.2 Å². The Morgan fingerprint density at radius 3 is 2.73 bits per heavy atom. The molecule has 0 saturated heterocycles. The summed E-state index contributed by atoms with van der Waals surface area (Å²) < 4.78 is 7.72. The van der Waals surface area contributed by atoms with Gasteiger partial charge >= 0.3 is 0 Å². The second kappa shape index (κ2) is 8.10. The number of benzene rings is 1. The van der Waals surface area contributed by atoms with Crippen LogP contribution in [0.2, 0.25) is 0 Å². The molecular weight excluding hydrogens is 326 g/mol. The zero-order chi connectivity index (χ0) is 17.6. The van der Waals surface area contributed by atoms with Crippen molar-refractivity contribution in [1.82, 2.24) is 25.1 Å². The van der Waals surface area contributed by atoms with Gasteiger partial charge in [0.1, 0.15) is 18.4 Å². The summed E-state index contributed by atoms with van der Waals surface area (Å²) in [5.74, 6) is 1.75. The Bertz CT molecular complexity index is 810. The van der Waals surface area contributed by atoms with Gasteiger partial charge in [-0.25, -0.2) is 14.6 Å². The van der Waals surface area contributed by atoms with Gasteiger partial charge in [-0.2, -0.15) is 5.10 Å². The van der Waals surface area contributed by atoms with Gasteiger partial charge in [-0.3, -0.25) is 0 Å². The van der Waals surface area contributed by atoms with Crippen molar-refractivity contribution < 1.29 is 4.74 Å². The summed E-state index contributed by atoms with van der Waals surface area (Å²) in [6, 6.07) is 12.4. The molecule has 3 aromatic rings. The van der Waals surface area contributed by atoms with Crippen molar-refractivity contribution in [2.24, 2.45) is 0 Å². The molecule has 0 spiro atoms. The Kier molecular flexibility index (Phi) is 5.21. The number of aromatic nitrogens is 4. The number of ether oxygens (including phenoxy) is 1. The van der Waals surface area contributed by atoms with E-state index < -0.39 is 0 Å². The number of nitrogens with zero attached hydrogens (tertiary/aromatic N) is 4. The maximum Gasteiger partial charge on any atom is 0.155 e. The molecule has 134 valence electrons. The Balaban J connectivity index is 1.29. The van der Waals surface area contributed by atoms with E-state index in [1.54, 1.807) is 11.0 Å². The van der Waals surface area contributed by atoms with Crippen LogP contribution in [0.5, 0.6) is 5.75 Å². The van der Waals surface area contributed by atoms with E-state index in [9.17, 15) is 0 Å². The van der Waals surface area contributed by atoms with Gasteiger partial charge in [0, 0.05) is 19.3 Å². The minimum Gasteiger partial charge on any atom is -0.490 e. The molecule has 4 rings (SSSR count). The van der Waals surface area contributed by atoms with Crippen LogP contribution < -0.4 is 10.1 Å². The van der Waals surface area contributed by atoms with Crippen LogP contribution in [0.4, 0.5) is 0 Å². The quantitative estimate of drug-likeness (QED) is 0.709. The first-order valence-electron chi connectivity index (χ1n) is 9.13. The number of hydrogen-bond acceptors (Lipinski definition) is 5. The number of rotatable bonds is 7. The van der Waals surface area contributed by atoms with Crippen molar-refractivity contribution in [2.45, 2.75) is 44.9 Å². The fourth-order valence-corrected chi connectivity index (χ4v) is 3.26. The van der Waals surface area contributed by atoms with Crippen molar-refractivity contribution in [3.05, 3.63) is 66.4 Å². The summed E-state index contributed by atoms with van der Waals surface area (Å²) >= 11 is 0. The minimum atomic E-state index is 0.396. The molecule has 26 heavy (non-hydrogen) atoms. The number of hydrogen-bond donors (Lipinski definition) is 1. The summed E-state index contributed by atoms with van der Waals surface area (Å²) in [4.78, 5) is 8.35. The average Bonchev–Trinajstić information content (AvgIpc) is 3.37. The summed E-state index contributed by atoms with van der Waals surface area (Å²) in [7, 11) is 0. The maximum absolute atomic E-state index is 6.08. The highest BCUT2D eigenvalue weighted by molar-refractivity contribution is 5.29. The molecule has 1 N–H and O–H groups in total. The van der Waals surface area contributed by atoms with Crippen LogP contribution in [0.1, 0.15) is 36.8 Å². The normalized spacial score (nSPS) is 14.6. The molecule has 0 atom stereocenters. The highest BCUT2D eigenvalue weighted by Crippen LogP contribution is 2.24. The Hall–Kier alpha value is -2.73. The lowest BCUT2D eigenvalue weighted by Crippen LogP contribution is -2.14. The Labute approximate surface area is 153 Å². The van der Waals surface area contributed by atoms with E-state index in [0.29, 0.717) is 6.10 Å². The van der Waals surface area contributed by atoms with Crippen molar-refractivity contribution in [1.29, 1.82) is 0 Å². The van der Waals surface area contributed by atoms with Crippen LogP contribution in [0, 0.1) is 0 Å². The lowest BCUT2D eigenvalue weighted by molar-refractivity contribution is 0.210. The monoisotopic (exact) mass is 349 g/mol. The van der Waals surface area contributed by atoms with E-state index in [-0.39, 0.29) is 0 Å². The lowest BCUT2D eigenvalue weighted by Gasteiger charge is -2.14. The van der Waals surface area contributed by atoms with Gasteiger partial charge in [-0.05, 0) is 55.0 Å². The largest absolute Gasteiger partial charge is 0.490 e. The van der Waals surface area contributed by atoms with Crippen LogP contribution in [-0.2, 0) is 13.1 Å². The summed E-state index contributed by atoms with van der Waals surface area (Å²) in [6.45, 7) is 1.56. The molecule has 1 aliphatic rings. The molecule has 1 fully saturated rings. The minimum absolute atomic E-state index is 0.396. The molecule has 2 aromatic heterocycles.